The maximum Gasteiger partial charge on any atom is 0.330 e. The van der Waals surface area contributed by atoms with E-state index in [-0.39, 0.29) is 12.1 Å². The molecule has 2 atom stereocenters. The summed E-state index contributed by atoms with van der Waals surface area (Å²) in [5, 5.41) is 0. The van der Waals surface area contributed by atoms with Gasteiger partial charge in [0.2, 0.25) is 0 Å². The van der Waals surface area contributed by atoms with Gasteiger partial charge in [-0.25, -0.2) is 4.79 Å². The fraction of sp³-hybridized carbons (Fsp3) is 0.250. The Morgan fingerprint density at radius 3 is 2.60 bits per heavy atom. The molecule has 1 rings (SSSR count). The summed E-state index contributed by atoms with van der Waals surface area (Å²) in [6.07, 6.45) is 0.770. The Labute approximate surface area is 89.5 Å². The molecule has 0 spiro atoms. The first-order valence-electron chi connectivity index (χ1n) is 4.78. The quantitative estimate of drug-likeness (QED) is 0.602. The van der Waals surface area contributed by atoms with Gasteiger partial charge in [-0.15, -0.1) is 0 Å². The molecule has 1 aromatic carbocycles. The molecular formula is C12H15NO2. The van der Waals surface area contributed by atoms with Crippen molar-refractivity contribution in [3.8, 4) is 0 Å². The normalized spacial score (nSPS) is 14.0. The Bertz CT molecular complexity index is 335. The zero-order valence-electron chi connectivity index (χ0n) is 8.72. The second-order valence-electron chi connectivity index (χ2n) is 3.28. The molecule has 0 heterocycles. The molecule has 1 aromatic rings. The number of benzene rings is 1. The van der Waals surface area contributed by atoms with Crippen molar-refractivity contribution in [3.63, 3.8) is 0 Å². The van der Waals surface area contributed by atoms with Crippen molar-refractivity contribution in [2.45, 2.75) is 19.1 Å². The van der Waals surface area contributed by atoms with E-state index in [0.29, 0.717) is 0 Å². The summed E-state index contributed by atoms with van der Waals surface area (Å²) in [6, 6.07) is 9.21. The molecular weight excluding hydrogens is 190 g/mol. The largest absolute Gasteiger partial charge is 0.458 e. The fourth-order valence-electron chi connectivity index (χ4n) is 1.25. The van der Waals surface area contributed by atoms with E-state index in [1.54, 1.807) is 6.92 Å². The SMILES string of the molecule is C=CC(=O)OC(C)C(N)c1ccccc1. The van der Waals surface area contributed by atoms with Gasteiger partial charge in [-0.1, -0.05) is 36.9 Å². The van der Waals surface area contributed by atoms with Crippen LogP contribution < -0.4 is 5.73 Å². The first-order chi connectivity index (χ1) is 7.15. The number of carbonyl (C=O) groups is 1. The van der Waals surface area contributed by atoms with Crippen LogP contribution in [0.3, 0.4) is 0 Å². The standard InChI is InChI=1S/C12H15NO2/c1-3-11(14)15-9(2)12(13)10-7-5-4-6-8-10/h3-9,12H,1,13H2,2H3. The molecule has 0 aliphatic rings. The van der Waals surface area contributed by atoms with Gasteiger partial charge in [-0.05, 0) is 12.5 Å². The van der Waals surface area contributed by atoms with Crippen molar-refractivity contribution in [2.24, 2.45) is 5.73 Å². The summed E-state index contributed by atoms with van der Waals surface area (Å²) in [5.41, 5.74) is 6.88. The van der Waals surface area contributed by atoms with Gasteiger partial charge >= 0.3 is 5.97 Å². The lowest BCUT2D eigenvalue weighted by Gasteiger charge is -2.19. The zero-order valence-corrected chi connectivity index (χ0v) is 8.72. The van der Waals surface area contributed by atoms with Gasteiger partial charge in [0.05, 0.1) is 6.04 Å². The molecule has 0 aliphatic carbocycles. The van der Waals surface area contributed by atoms with Crippen LogP contribution in [0.15, 0.2) is 43.0 Å². The minimum Gasteiger partial charge on any atom is -0.458 e. The molecule has 0 aromatic heterocycles. The summed E-state index contributed by atoms with van der Waals surface area (Å²) in [5.74, 6) is -0.450. The summed E-state index contributed by atoms with van der Waals surface area (Å²) < 4.78 is 5.03. The predicted octanol–water partition coefficient (Wildman–Crippen LogP) is 1.80. The van der Waals surface area contributed by atoms with Gasteiger partial charge in [-0.3, -0.25) is 0 Å². The van der Waals surface area contributed by atoms with Crippen molar-refractivity contribution in [1.82, 2.24) is 0 Å². The van der Waals surface area contributed by atoms with Crippen LogP contribution in [0, 0.1) is 0 Å². The summed E-state index contributed by atoms with van der Waals surface area (Å²) in [6.45, 7) is 5.09. The highest BCUT2D eigenvalue weighted by atomic mass is 16.5. The highest BCUT2D eigenvalue weighted by Crippen LogP contribution is 2.15. The highest BCUT2D eigenvalue weighted by Gasteiger charge is 2.17. The van der Waals surface area contributed by atoms with Crippen LogP contribution in [0.1, 0.15) is 18.5 Å². The van der Waals surface area contributed by atoms with Crippen LogP contribution in [0.5, 0.6) is 0 Å². The van der Waals surface area contributed by atoms with Gasteiger partial charge in [0.15, 0.2) is 0 Å². The number of nitrogens with two attached hydrogens (primary N) is 1. The Morgan fingerprint density at radius 2 is 2.07 bits per heavy atom. The number of esters is 1. The van der Waals surface area contributed by atoms with E-state index in [4.69, 9.17) is 10.5 Å². The summed E-state index contributed by atoms with van der Waals surface area (Å²) >= 11 is 0. The maximum atomic E-state index is 11.0. The van der Waals surface area contributed by atoms with Crippen LogP contribution in [0.4, 0.5) is 0 Å². The van der Waals surface area contributed by atoms with E-state index in [0.717, 1.165) is 11.6 Å². The number of carbonyl (C=O) groups excluding carboxylic acids is 1. The smallest absolute Gasteiger partial charge is 0.330 e. The van der Waals surface area contributed by atoms with Crippen molar-refractivity contribution in [2.75, 3.05) is 0 Å². The monoisotopic (exact) mass is 205 g/mol. The fourth-order valence-corrected chi connectivity index (χ4v) is 1.25. The molecule has 2 unspecified atom stereocenters. The van der Waals surface area contributed by atoms with E-state index in [2.05, 4.69) is 6.58 Å². The zero-order chi connectivity index (χ0) is 11.3. The second-order valence-corrected chi connectivity index (χ2v) is 3.28. The lowest BCUT2D eigenvalue weighted by molar-refractivity contribution is -0.143. The van der Waals surface area contributed by atoms with Gasteiger partial charge < -0.3 is 10.5 Å². The third-order valence-electron chi connectivity index (χ3n) is 2.16. The average Bonchev–Trinajstić information content (AvgIpc) is 2.29. The van der Waals surface area contributed by atoms with Crippen LogP contribution in [0.25, 0.3) is 0 Å². The second kappa shape index (κ2) is 5.32. The van der Waals surface area contributed by atoms with Crippen molar-refractivity contribution in [3.05, 3.63) is 48.6 Å². The molecule has 0 radical (unpaired) electrons. The lowest BCUT2D eigenvalue weighted by atomic mass is 10.0. The van der Waals surface area contributed by atoms with Crippen LogP contribution >= 0.6 is 0 Å². The first kappa shape index (κ1) is 11.5. The molecule has 0 saturated heterocycles. The van der Waals surface area contributed by atoms with E-state index < -0.39 is 5.97 Å². The highest BCUT2D eigenvalue weighted by molar-refractivity contribution is 5.81. The molecule has 0 amide bonds. The van der Waals surface area contributed by atoms with Gasteiger partial charge in [0.25, 0.3) is 0 Å². The minimum atomic E-state index is -0.450. The average molecular weight is 205 g/mol. The van der Waals surface area contributed by atoms with Crippen LogP contribution in [-0.2, 0) is 9.53 Å². The maximum absolute atomic E-state index is 11.0. The van der Waals surface area contributed by atoms with Crippen molar-refractivity contribution in [1.29, 1.82) is 0 Å². The van der Waals surface area contributed by atoms with Crippen molar-refractivity contribution >= 4 is 5.97 Å². The minimum absolute atomic E-state index is 0.310. The Hall–Kier alpha value is -1.61. The van der Waals surface area contributed by atoms with E-state index in [9.17, 15) is 4.79 Å². The Kier molecular flexibility index (Phi) is 4.06. The van der Waals surface area contributed by atoms with Crippen LogP contribution in [0.2, 0.25) is 0 Å². The van der Waals surface area contributed by atoms with E-state index >= 15 is 0 Å². The number of rotatable bonds is 4. The number of ether oxygens (including phenoxy) is 1. The first-order valence-corrected chi connectivity index (χ1v) is 4.78. The van der Waals surface area contributed by atoms with E-state index in [1.807, 2.05) is 30.3 Å². The molecule has 0 aliphatic heterocycles. The predicted molar refractivity (Wildman–Crippen MR) is 59.1 cm³/mol. The Morgan fingerprint density at radius 1 is 1.47 bits per heavy atom. The van der Waals surface area contributed by atoms with E-state index in [1.165, 1.54) is 0 Å². The third kappa shape index (κ3) is 3.22. The van der Waals surface area contributed by atoms with Gasteiger partial charge in [-0.2, -0.15) is 0 Å². The van der Waals surface area contributed by atoms with Crippen LogP contribution in [-0.4, -0.2) is 12.1 Å². The molecule has 0 bridgehead atoms. The molecule has 0 saturated carbocycles. The molecule has 3 heteroatoms. The number of hydrogen-bond acceptors (Lipinski definition) is 3. The topological polar surface area (TPSA) is 52.3 Å². The molecule has 80 valence electrons. The van der Waals surface area contributed by atoms with Gasteiger partial charge in [0.1, 0.15) is 6.10 Å². The Balaban J connectivity index is 2.64. The van der Waals surface area contributed by atoms with Gasteiger partial charge in [0, 0.05) is 6.08 Å². The van der Waals surface area contributed by atoms with Crippen molar-refractivity contribution < 1.29 is 9.53 Å². The molecule has 0 fully saturated rings. The number of hydrogen-bond donors (Lipinski definition) is 1. The summed E-state index contributed by atoms with van der Waals surface area (Å²) in [4.78, 5) is 11.0. The third-order valence-corrected chi connectivity index (χ3v) is 2.16. The lowest BCUT2D eigenvalue weighted by Crippen LogP contribution is -2.27. The molecule has 2 N–H and O–H groups in total. The molecule has 3 nitrogen and oxygen atoms in total. The summed E-state index contributed by atoms with van der Waals surface area (Å²) in [7, 11) is 0. The molecule has 15 heavy (non-hydrogen) atoms.